The van der Waals surface area contributed by atoms with E-state index in [1.165, 1.54) is 17.4 Å². The first-order valence-corrected chi connectivity index (χ1v) is 9.12. The van der Waals surface area contributed by atoms with E-state index in [2.05, 4.69) is 15.2 Å². The Labute approximate surface area is 148 Å². The zero-order valence-electron chi connectivity index (χ0n) is 13.5. The first kappa shape index (κ1) is 16.0. The Kier molecular flexibility index (Phi) is 4.31. The van der Waals surface area contributed by atoms with Crippen LogP contribution in [0.5, 0.6) is 0 Å². The molecule has 0 saturated carbocycles. The Morgan fingerprint density at radius 2 is 2.12 bits per heavy atom. The quantitative estimate of drug-likeness (QED) is 0.723. The van der Waals surface area contributed by atoms with Crippen molar-refractivity contribution in [3.8, 4) is 11.1 Å². The first-order valence-electron chi connectivity index (χ1n) is 8.18. The number of carbonyl (C=O) groups is 1. The summed E-state index contributed by atoms with van der Waals surface area (Å²) in [5.74, 6) is -0.161. The highest BCUT2D eigenvalue weighted by molar-refractivity contribution is 7.07. The molecule has 1 aromatic carbocycles. The highest BCUT2D eigenvalue weighted by Crippen LogP contribution is 2.30. The lowest BCUT2D eigenvalue weighted by molar-refractivity contribution is 0.0896. The smallest absolute Gasteiger partial charge is 0.185 e. The first-order chi connectivity index (χ1) is 12.2. The number of aromatic nitrogens is 3. The fraction of sp³-hybridized carbons (Fsp3) is 0.278. The minimum absolute atomic E-state index is 0.0217. The van der Waals surface area contributed by atoms with Crippen molar-refractivity contribution < 1.29 is 9.18 Å². The van der Waals surface area contributed by atoms with Crippen molar-refractivity contribution in [2.45, 2.75) is 12.8 Å². The maximum absolute atomic E-state index is 14.6. The van der Waals surface area contributed by atoms with Crippen LogP contribution in [0.15, 0.2) is 41.5 Å². The van der Waals surface area contributed by atoms with E-state index in [-0.39, 0.29) is 17.5 Å². The molecule has 5 nitrogen and oxygen atoms in total. The molecule has 1 aliphatic rings. The summed E-state index contributed by atoms with van der Waals surface area (Å²) in [7, 11) is 0. The third-order valence-corrected chi connectivity index (χ3v) is 5.26. The van der Waals surface area contributed by atoms with Crippen LogP contribution in [0.4, 0.5) is 10.1 Å². The van der Waals surface area contributed by atoms with Crippen LogP contribution in [0.1, 0.15) is 23.3 Å². The van der Waals surface area contributed by atoms with Gasteiger partial charge in [0, 0.05) is 36.1 Å². The molecule has 3 aromatic rings. The van der Waals surface area contributed by atoms with Crippen molar-refractivity contribution in [2.24, 2.45) is 5.92 Å². The summed E-state index contributed by atoms with van der Waals surface area (Å²) < 4.78 is 14.6. The van der Waals surface area contributed by atoms with E-state index in [0.29, 0.717) is 24.5 Å². The lowest BCUT2D eigenvalue weighted by Crippen LogP contribution is -2.36. The maximum atomic E-state index is 14.6. The van der Waals surface area contributed by atoms with E-state index in [9.17, 15) is 9.18 Å². The SMILES string of the molecule is O=C(c1cscn1)C1CCN(c2ccc(-c3cn[nH]c3)cc2F)CC1. The number of anilines is 1. The van der Waals surface area contributed by atoms with Gasteiger partial charge in [0.1, 0.15) is 11.5 Å². The van der Waals surface area contributed by atoms with E-state index in [4.69, 9.17) is 0 Å². The molecular weight excluding hydrogens is 339 g/mol. The number of benzene rings is 1. The fourth-order valence-electron chi connectivity index (χ4n) is 3.28. The number of aromatic amines is 1. The standard InChI is InChI=1S/C18H17FN4OS/c19-15-7-13(14-8-21-22-9-14)1-2-17(15)23-5-3-12(4-6-23)18(24)16-10-25-11-20-16/h1-2,7-12H,3-6H2,(H,21,22). The fourth-order valence-corrected chi connectivity index (χ4v) is 3.82. The molecule has 3 heterocycles. The molecule has 25 heavy (non-hydrogen) atoms. The third kappa shape index (κ3) is 3.19. The number of rotatable bonds is 4. The van der Waals surface area contributed by atoms with Gasteiger partial charge in [-0.15, -0.1) is 11.3 Å². The minimum atomic E-state index is -0.247. The number of Topliss-reactive ketones (excluding diaryl/α,β-unsaturated/α-hetero) is 1. The largest absolute Gasteiger partial charge is 0.369 e. The van der Waals surface area contributed by atoms with E-state index < -0.39 is 0 Å². The molecule has 0 unspecified atom stereocenters. The normalized spacial score (nSPS) is 15.5. The van der Waals surface area contributed by atoms with Crippen LogP contribution in [0, 0.1) is 11.7 Å². The van der Waals surface area contributed by atoms with Gasteiger partial charge in [0.15, 0.2) is 5.78 Å². The van der Waals surface area contributed by atoms with Crippen LogP contribution < -0.4 is 4.90 Å². The van der Waals surface area contributed by atoms with Crippen LogP contribution in [0.2, 0.25) is 0 Å². The number of halogens is 1. The molecule has 2 aromatic heterocycles. The van der Waals surface area contributed by atoms with Gasteiger partial charge in [-0.3, -0.25) is 9.89 Å². The summed E-state index contributed by atoms with van der Waals surface area (Å²) in [5, 5.41) is 8.42. The number of ketones is 1. The second-order valence-corrected chi connectivity index (χ2v) is 6.87. The molecule has 128 valence electrons. The summed E-state index contributed by atoms with van der Waals surface area (Å²) >= 11 is 1.43. The van der Waals surface area contributed by atoms with Gasteiger partial charge in [-0.1, -0.05) is 6.07 Å². The lowest BCUT2D eigenvalue weighted by atomic mass is 9.91. The highest BCUT2D eigenvalue weighted by Gasteiger charge is 2.27. The number of nitrogens with one attached hydrogen (secondary N) is 1. The average molecular weight is 356 g/mol. The van der Waals surface area contributed by atoms with Gasteiger partial charge in [-0.2, -0.15) is 5.10 Å². The molecule has 1 aliphatic heterocycles. The van der Waals surface area contributed by atoms with E-state index in [1.807, 2.05) is 11.0 Å². The molecule has 0 atom stereocenters. The van der Waals surface area contributed by atoms with Crippen molar-refractivity contribution >= 4 is 22.8 Å². The number of piperidine rings is 1. The van der Waals surface area contributed by atoms with Gasteiger partial charge < -0.3 is 4.90 Å². The highest BCUT2D eigenvalue weighted by atomic mass is 32.1. The molecule has 0 bridgehead atoms. The molecule has 7 heteroatoms. The zero-order valence-corrected chi connectivity index (χ0v) is 14.3. The van der Waals surface area contributed by atoms with Crippen molar-refractivity contribution in [2.75, 3.05) is 18.0 Å². The monoisotopic (exact) mass is 356 g/mol. The molecule has 4 rings (SSSR count). The number of hydrogen-bond acceptors (Lipinski definition) is 5. The van der Waals surface area contributed by atoms with Crippen LogP contribution in [-0.4, -0.2) is 34.1 Å². The van der Waals surface area contributed by atoms with Gasteiger partial charge in [-0.25, -0.2) is 9.37 Å². The lowest BCUT2D eigenvalue weighted by Gasteiger charge is -2.33. The number of carbonyl (C=O) groups excluding carboxylic acids is 1. The summed E-state index contributed by atoms with van der Waals surface area (Å²) in [6.07, 6.45) is 4.85. The van der Waals surface area contributed by atoms with Crippen molar-refractivity contribution in [1.82, 2.24) is 15.2 Å². The van der Waals surface area contributed by atoms with Crippen LogP contribution in [-0.2, 0) is 0 Å². The van der Waals surface area contributed by atoms with E-state index >= 15 is 0 Å². The van der Waals surface area contributed by atoms with Crippen molar-refractivity contribution in [3.63, 3.8) is 0 Å². The van der Waals surface area contributed by atoms with Crippen molar-refractivity contribution in [3.05, 3.63) is 53.0 Å². The average Bonchev–Trinajstić information content (AvgIpc) is 3.35. The van der Waals surface area contributed by atoms with Gasteiger partial charge >= 0.3 is 0 Å². The van der Waals surface area contributed by atoms with Gasteiger partial charge in [0.05, 0.1) is 17.4 Å². The molecule has 1 N–H and O–H groups in total. The van der Waals surface area contributed by atoms with Gasteiger partial charge in [0.2, 0.25) is 0 Å². The second kappa shape index (κ2) is 6.76. The third-order valence-electron chi connectivity index (χ3n) is 4.67. The topological polar surface area (TPSA) is 61.9 Å². The number of thiazole rings is 1. The summed E-state index contributed by atoms with van der Waals surface area (Å²) in [5.41, 5.74) is 4.48. The molecule has 0 aliphatic carbocycles. The Morgan fingerprint density at radius 3 is 2.76 bits per heavy atom. The molecule has 1 fully saturated rings. The number of hydrogen-bond donors (Lipinski definition) is 1. The number of nitrogens with zero attached hydrogens (tertiary/aromatic N) is 3. The minimum Gasteiger partial charge on any atom is -0.369 e. The van der Waals surface area contributed by atoms with E-state index in [0.717, 1.165) is 24.0 Å². The molecule has 0 amide bonds. The Morgan fingerprint density at radius 1 is 1.28 bits per heavy atom. The Bertz CT molecular complexity index is 855. The number of H-pyrrole nitrogens is 1. The molecular formula is C18H17FN4OS. The predicted molar refractivity (Wildman–Crippen MR) is 95.4 cm³/mol. The molecule has 0 radical (unpaired) electrons. The van der Waals surface area contributed by atoms with Crippen molar-refractivity contribution in [1.29, 1.82) is 0 Å². The Hall–Kier alpha value is -2.54. The molecule has 1 saturated heterocycles. The van der Waals surface area contributed by atoms with Crippen LogP contribution in [0.3, 0.4) is 0 Å². The van der Waals surface area contributed by atoms with Gasteiger partial charge in [0.25, 0.3) is 0 Å². The van der Waals surface area contributed by atoms with Gasteiger partial charge in [-0.05, 0) is 30.5 Å². The predicted octanol–water partition coefficient (Wildman–Crippen LogP) is 3.77. The van der Waals surface area contributed by atoms with E-state index in [1.54, 1.807) is 29.4 Å². The second-order valence-electron chi connectivity index (χ2n) is 6.15. The maximum Gasteiger partial charge on any atom is 0.185 e. The summed E-state index contributed by atoms with van der Waals surface area (Å²) in [6, 6.07) is 5.24. The molecule has 0 spiro atoms. The zero-order chi connectivity index (χ0) is 17.2. The summed E-state index contributed by atoms with van der Waals surface area (Å²) in [6.45, 7) is 1.34. The van der Waals surface area contributed by atoms with Crippen LogP contribution in [0.25, 0.3) is 11.1 Å². The van der Waals surface area contributed by atoms with Crippen LogP contribution >= 0.6 is 11.3 Å². The summed E-state index contributed by atoms with van der Waals surface area (Å²) in [4.78, 5) is 18.5. The Balaban J connectivity index is 1.45.